The Hall–Kier alpha value is -2.58. The van der Waals surface area contributed by atoms with Gasteiger partial charge in [-0.2, -0.15) is 13.2 Å². The van der Waals surface area contributed by atoms with Gasteiger partial charge in [0, 0.05) is 6.54 Å². The van der Waals surface area contributed by atoms with E-state index in [0.29, 0.717) is 24.8 Å². The SMILES string of the molecule is O=C(CN1C(=O)NC2(CCCC2)C1=O)NCCc1ccc(C(F)(F)F)cc1. The lowest BCUT2D eigenvalue weighted by atomic mass is 9.98. The minimum absolute atomic E-state index is 0.193. The second-order valence-corrected chi connectivity index (χ2v) is 6.91. The van der Waals surface area contributed by atoms with Crippen molar-refractivity contribution >= 4 is 17.8 Å². The van der Waals surface area contributed by atoms with Crippen LogP contribution in [0.15, 0.2) is 24.3 Å². The van der Waals surface area contributed by atoms with Gasteiger partial charge in [-0.05, 0) is 37.0 Å². The maximum atomic E-state index is 12.5. The highest BCUT2D eigenvalue weighted by molar-refractivity contribution is 6.09. The Kier molecular flexibility index (Phi) is 5.12. The molecule has 2 fully saturated rings. The second-order valence-electron chi connectivity index (χ2n) is 6.91. The van der Waals surface area contributed by atoms with Crippen LogP contribution in [0.5, 0.6) is 0 Å². The third kappa shape index (κ3) is 4.06. The molecule has 1 aromatic carbocycles. The summed E-state index contributed by atoms with van der Waals surface area (Å²) < 4.78 is 37.6. The first-order chi connectivity index (χ1) is 12.7. The molecule has 0 bridgehead atoms. The number of benzene rings is 1. The Morgan fingerprint density at radius 3 is 2.37 bits per heavy atom. The molecule has 0 aromatic heterocycles. The molecule has 4 amide bonds. The molecular weight excluding hydrogens is 363 g/mol. The summed E-state index contributed by atoms with van der Waals surface area (Å²) in [5.41, 5.74) is -0.935. The van der Waals surface area contributed by atoms with E-state index >= 15 is 0 Å². The number of rotatable bonds is 5. The largest absolute Gasteiger partial charge is 0.416 e. The molecular formula is C18H20F3N3O3. The number of halogens is 3. The third-order valence-corrected chi connectivity index (χ3v) is 5.02. The van der Waals surface area contributed by atoms with Crippen LogP contribution in [0.2, 0.25) is 0 Å². The number of nitrogens with zero attached hydrogens (tertiary/aromatic N) is 1. The average Bonchev–Trinajstić information content (AvgIpc) is 3.16. The maximum absolute atomic E-state index is 12.5. The molecule has 1 saturated carbocycles. The number of hydrogen-bond donors (Lipinski definition) is 2. The molecule has 27 heavy (non-hydrogen) atoms. The van der Waals surface area contributed by atoms with Crippen LogP contribution >= 0.6 is 0 Å². The first-order valence-electron chi connectivity index (χ1n) is 8.78. The van der Waals surface area contributed by atoms with Crippen LogP contribution in [0.25, 0.3) is 0 Å². The predicted octanol–water partition coefficient (Wildman–Crippen LogP) is 2.23. The summed E-state index contributed by atoms with van der Waals surface area (Å²) in [4.78, 5) is 37.4. The van der Waals surface area contributed by atoms with Crippen molar-refractivity contribution in [2.24, 2.45) is 0 Å². The molecule has 0 radical (unpaired) electrons. The third-order valence-electron chi connectivity index (χ3n) is 5.02. The van der Waals surface area contributed by atoms with E-state index in [2.05, 4.69) is 10.6 Å². The fourth-order valence-corrected chi connectivity index (χ4v) is 3.54. The van der Waals surface area contributed by atoms with Crippen LogP contribution in [-0.4, -0.2) is 41.4 Å². The molecule has 1 saturated heterocycles. The molecule has 6 nitrogen and oxygen atoms in total. The van der Waals surface area contributed by atoms with Gasteiger partial charge < -0.3 is 10.6 Å². The van der Waals surface area contributed by atoms with E-state index in [9.17, 15) is 27.6 Å². The van der Waals surface area contributed by atoms with Gasteiger partial charge in [0.25, 0.3) is 5.91 Å². The van der Waals surface area contributed by atoms with Crippen molar-refractivity contribution in [3.63, 3.8) is 0 Å². The van der Waals surface area contributed by atoms with Gasteiger partial charge in [-0.1, -0.05) is 25.0 Å². The van der Waals surface area contributed by atoms with Crippen molar-refractivity contribution in [2.75, 3.05) is 13.1 Å². The number of hydrogen-bond acceptors (Lipinski definition) is 3. The molecule has 1 spiro atoms. The van der Waals surface area contributed by atoms with E-state index in [1.54, 1.807) is 0 Å². The van der Waals surface area contributed by atoms with Crippen LogP contribution in [0.3, 0.4) is 0 Å². The molecule has 0 atom stereocenters. The van der Waals surface area contributed by atoms with Gasteiger partial charge >= 0.3 is 12.2 Å². The van der Waals surface area contributed by atoms with E-state index in [-0.39, 0.29) is 19.0 Å². The zero-order valence-electron chi connectivity index (χ0n) is 14.6. The summed E-state index contributed by atoms with van der Waals surface area (Å²) in [5.74, 6) is -0.844. The maximum Gasteiger partial charge on any atom is 0.416 e. The van der Waals surface area contributed by atoms with Gasteiger partial charge in [0.05, 0.1) is 5.56 Å². The van der Waals surface area contributed by atoms with Crippen molar-refractivity contribution in [1.29, 1.82) is 0 Å². The highest BCUT2D eigenvalue weighted by atomic mass is 19.4. The topological polar surface area (TPSA) is 78.5 Å². The Bertz CT molecular complexity index is 740. The fraction of sp³-hybridized carbons (Fsp3) is 0.500. The van der Waals surface area contributed by atoms with Crippen LogP contribution in [0.4, 0.5) is 18.0 Å². The molecule has 1 aromatic rings. The van der Waals surface area contributed by atoms with E-state index in [0.717, 1.165) is 29.9 Å². The number of amides is 4. The average molecular weight is 383 g/mol. The zero-order chi connectivity index (χ0) is 19.7. The monoisotopic (exact) mass is 383 g/mol. The van der Waals surface area contributed by atoms with Gasteiger partial charge in [-0.3, -0.25) is 14.5 Å². The van der Waals surface area contributed by atoms with E-state index in [1.165, 1.54) is 12.1 Å². The van der Waals surface area contributed by atoms with E-state index in [1.807, 2.05) is 0 Å². The predicted molar refractivity (Wildman–Crippen MR) is 89.6 cm³/mol. The number of carbonyl (C=O) groups excluding carboxylic acids is 3. The Morgan fingerprint density at radius 1 is 1.15 bits per heavy atom. The Labute approximate surface area is 154 Å². The second kappa shape index (κ2) is 7.21. The fourth-order valence-electron chi connectivity index (χ4n) is 3.54. The van der Waals surface area contributed by atoms with E-state index in [4.69, 9.17) is 0 Å². The molecule has 2 N–H and O–H groups in total. The zero-order valence-corrected chi connectivity index (χ0v) is 14.6. The summed E-state index contributed by atoms with van der Waals surface area (Å²) in [5, 5.41) is 5.29. The smallest absolute Gasteiger partial charge is 0.354 e. The molecule has 3 rings (SSSR count). The molecule has 9 heteroatoms. The molecule has 146 valence electrons. The normalized spacial score (nSPS) is 18.9. The number of imide groups is 1. The van der Waals surface area contributed by atoms with Crippen molar-refractivity contribution in [2.45, 2.75) is 43.8 Å². The van der Waals surface area contributed by atoms with Gasteiger partial charge in [0.15, 0.2) is 0 Å². The standard InChI is InChI=1S/C18H20F3N3O3/c19-18(20,21)13-5-3-12(4-6-13)7-10-22-14(25)11-24-15(26)17(23-16(24)27)8-1-2-9-17/h3-6H,1-2,7-11H2,(H,22,25)(H,23,27). The Balaban J connectivity index is 1.47. The minimum atomic E-state index is -4.38. The van der Waals surface area contributed by atoms with Crippen molar-refractivity contribution < 1.29 is 27.6 Å². The first-order valence-corrected chi connectivity index (χ1v) is 8.78. The van der Waals surface area contributed by atoms with Crippen molar-refractivity contribution in [3.05, 3.63) is 35.4 Å². The highest BCUT2D eigenvalue weighted by Gasteiger charge is 2.52. The number of urea groups is 1. The Morgan fingerprint density at radius 2 is 1.78 bits per heavy atom. The number of alkyl halides is 3. The van der Waals surface area contributed by atoms with Gasteiger partial charge in [0.2, 0.25) is 5.91 Å². The quantitative estimate of drug-likeness (QED) is 0.766. The molecule has 1 aliphatic carbocycles. The lowest BCUT2D eigenvalue weighted by Gasteiger charge is -2.19. The van der Waals surface area contributed by atoms with Crippen LogP contribution in [0.1, 0.15) is 36.8 Å². The van der Waals surface area contributed by atoms with Crippen LogP contribution in [-0.2, 0) is 22.2 Å². The summed E-state index contributed by atoms with van der Waals surface area (Å²) in [6, 6.07) is 4.14. The lowest BCUT2D eigenvalue weighted by molar-refractivity contribution is -0.137. The molecule has 1 aliphatic heterocycles. The summed E-state index contributed by atoms with van der Waals surface area (Å²) in [6.07, 6.45) is -1.15. The number of carbonyl (C=O) groups is 3. The summed E-state index contributed by atoms with van der Waals surface area (Å²) in [6.45, 7) is -0.168. The van der Waals surface area contributed by atoms with Gasteiger partial charge in [0.1, 0.15) is 12.1 Å². The lowest BCUT2D eigenvalue weighted by Crippen LogP contribution is -2.45. The summed E-state index contributed by atoms with van der Waals surface area (Å²) >= 11 is 0. The van der Waals surface area contributed by atoms with Crippen LogP contribution in [0, 0.1) is 0 Å². The van der Waals surface area contributed by atoms with E-state index < -0.39 is 29.2 Å². The molecule has 1 heterocycles. The molecule has 2 aliphatic rings. The van der Waals surface area contributed by atoms with Crippen LogP contribution < -0.4 is 10.6 Å². The summed E-state index contributed by atoms with van der Waals surface area (Å²) in [7, 11) is 0. The first kappa shape index (κ1) is 19.2. The minimum Gasteiger partial charge on any atom is -0.354 e. The van der Waals surface area contributed by atoms with Gasteiger partial charge in [-0.15, -0.1) is 0 Å². The van der Waals surface area contributed by atoms with Gasteiger partial charge in [-0.25, -0.2) is 4.79 Å². The number of nitrogens with one attached hydrogen (secondary N) is 2. The van der Waals surface area contributed by atoms with Crippen molar-refractivity contribution in [1.82, 2.24) is 15.5 Å². The molecule has 0 unspecified atom stereocenters. The highest BCUT2D eigenvalue weighted by Crippen LogP contribution is 2.34. The van der Waals surface area contributed by atoms with Crippen molar-refractivity contribution in [3.8, 4) is 0 Å².